The minimum atomic E-state index is -3.13. The molecule has 0 aromatic heterocycles. The standard InChI is InChI=1S/C28H51N5O5P2.ClH/c1-19(2)36-24(34)29-31(25(35)37-20(3)4)40(30-26(7,8)9)32(27(10,11)12)39(33(40)28(13,14)15)38-23-21(5)17-16-18-22(23)6;/h16-20,30H,1-15H3;1H. The van der Waals surface area contributed by atoms with Crippen molar-refractivity contribution in [3.05, 3.63) is 29.3 Å². The summed E-state index contributed by atoms with van der Waals surface area (Å²) in [6.45, 7) is 29.8. The third-order valence-corrected chi connectivity index (χ3v) is 14.1. The molecule has 1 aromatic rings. The van der Waals surface area contributed by atoms with Gasteiger partial charge in [0, 0.05) is 5.54 Å². The second-order valence-electron chi connectivity index (χ2n) is 13.7. The summed E-state index contributed by atoms with van der Waals surface area (Å²) in [6.07, 6.45) is -2.20. The second kappa shape index (κ2) is 13.5. The summed E-state index contributed by atoms with van der Waals surface area (Å²) >= 11 is 0. The van der Waals surface area contributed by atoms with Crippen LogP contribution < -0.4 is 27.4 Å². The van der Waals surface area contributed by atoms with E-state index in [-0.39, 0.29) is 18.5 Å². The van der Waals surface area contributed by atoms with E-state index in [1.54, 1.807) is 27.7 Å². The van der Waals surface area contributed by atoms with Crippen LogP contribution in [0.1, 0.15) is 101 Å². The first kappa shape index (κ1) is 37.6. The number of carbonyl (C=O) groups excluding carboxylic acids is 2. The van der Waals surface area contributed by atoms with Crippen molar-refractivity contribution >= 4 is 28.5 Å². The molecule has 0 bridgehead atoms. The normalized spacial score (nSPS) is 20.3. The molecule has 0 unspecified atom stereocenters. The molecule has 10 nitrogen and oxygen atoms in total. The van der Waals surface area contributed by atoms with Crippen LogP contribution in [0.25, 0.3) is 0 Å². The van der Waals surface area contributed by atoms with Crippen LogP contribution in [0, 0.1) is 13.8 Å². The molecule has 0 radical (unpaired) electrons. The van der Waals surface area contributed by atoms with Crippen molar-refractivity contribution in [2.75, 3.05) is 0 Å². The maximum atomic E-state index is 14.0. The number of rotatable bonds is 6. The van der Waals surface area contributed by atoms with Crippen molar-refractivity contribution < 1.29 is 36.0 Å². The highest BCUT2D eigenvalue weighted by molar-refractivity contribution is 7.89. The van der Waals surface area contributed by atoms with Crippen molar-refractivity contribution in [2.24, 2.45) is 0 Å². The van der Waals surface area contributed by atoms with Gasteiger partial charge in [-0.05, 0) is 129 Å². The SMILES string of the molecule is Cc1cccc(C)c1OP1N(C(C)(C)C)[P+](NC(C)(C)C)(N(NC(=O)OC(C)C)C(=O)OC(C)C)N1C(C)(C)C.[Cl-]. The van der Waals surface area contributed by atoms with Crippen LogP contribution in [0.15, 0.2) is 18.2 Å². The topological polar surface area (TPSA) is 95.6 Å². The number of hydrogen-bond donors (Lipinski definition) is 2. The van der Waals surface area contributed by atoms with Gasteiger partial charge in [0.05, 0.1) is 23.3 Å². The molecule has 1 aliphatic heterocycles. The Hall–Kier alpha value is -1.41. The Morgan fingerprint density at radius 1 is 0.854 bits per heavy atom. The van der Waals surface area contributed by atoms with Gasteiger partial charge in [0.15, 0.2) is 0 Å². The Bertz CT molecular complexity index is 1030. The van der Waals surface area contributed by atoms with Gasteiger partial charge in [0.25, 0.3) is 0 Å². The molecule has 0 spiro atoms. The number of ether oxygens (including phenoxy) is 2. The predicted octanol–water partition coefficient (Wildman–Crippen LogP) is 5.09. The minimum Gasteiger partial charge on any atom is -1.00 e. The average Bonchev–Trinajstić information content (AvgIpc) is 2.68. The van der Waals surface area contributed by atoms with Crippen LogP contribution >= 0.6 is 16.3 Å². The lowest BCUT2D eigenvalue weighted by Crippen LogP contribution is -3.00. The van der Waals surface area contributed by atoms with Crippen molar-refractivity contribution in [1.29, 1.82) is 0 Å². The highest BCUT2D eigenvalue weighted by Crippen LogP contribution is 2.91. The van der Waals surface area contributed by atoms with E-state index in [0.29, 0.717) is 0 Å². The second-order valence-corrected chi connectivity index (χ2v) is 18.4. The Morgan fingerprint density at radius 3 is 1.66 bits per heavy atom. The van der Waals surface area contributed by atoms with Gasteiger partial charge in [-0.3, -0.25) is 0 Å². The van der Waals surface area contributed by atoms with E-state index in [1.807, 2.05) is 52.8 Å². The number of aryl methyl sites for hydroxylation is 2. The van der Waals surface area contributed by atoms with E-state index in [4.69, 9.17) is 14.0 Å². The van der Waals surface area contributed by atoms with Gasteiger partial charge < -0.3 is 26.4 Å². The van der Waals surface area contributed by atoms with Crippen molar-refractivity contribution in [3.8, 4) is 5.75 Å². The number of para-hydroxylation sites is 1. The lowest BCUT2D eigenvalue weighted by Gasteiger charge is -2.62. The number of hydrogen-bond acceptors (Lipinski definition) is 8. The number of hydrazine groups is 1. The quantitative estimate of drug-likeness (QED) is 0.330. The number of halogens is 1. The van der Waals surface area contributed by atoms with E-state index < -0.39 is 51.2 Å². The lowest BCUT2D eigenvalue weighted by molar-refractivity contribution is -0.0000333. The Kier molecular flexibility index (Phi) is 12.4. The third-order valence-electron chi connectivity index (χ3n) is 5.45. The number of carbonyl (C=O) groups is 2. The summed E-state index contributed by atoms with van der Waals surface area (Å²) in [5, 5.41) is 3.79. The maximum absolute atomic E-state index is 14.0. The van der Waals surface area contributed by atoms with Crippen molar-refractivity contribution in [1.82, 2.24) is 24.2 Å². The van der Waals surface area contributed by atoms with Gasteiger partial charge in [-0.15, -0.1) is 5.09 Å². The molecule has 1 heterocycles. The first-order chi connectivity index (χ1) is 18.0. The average molecular weight is 636 g/mol. The fourth-order valence-corrected chi connectivity index (χ4v) is 13.1. The van der Waals surface area contributed by atoms with E-state index >= 15 is 0 Å². The van der Waals surface area contributed by atoms with E-state index in [0.717, 1.165) is 16.9 Å². The fourth-order valence-electron chi connectivity index (χ4n) is 4.37. The highest BCUT2D eigenvalue weighted by atomic mass is 35.5. The van der Waals surface area contributed by atoms with E-state index in [2.05, 4.69) is 60.9 Å². The third kappa shape index (κ3) is 8.81. The Morgan fingerprint density at radius 2 is 1.29 bits per heavy atom. The zero-order chi connectivity index (χ0) is 31.0. The molecule has 1 aromatic carbocycles. The number of benzene rings is 1. The number of nitrogens with one attached hydrogen (secondary N) is 2. The molecular weight excluding hydrogens is 584 g/mol. The highest BCUT2D eigenvalue weighted by Gasteiger charge is 2.83. The predicted molar refractivity (Wildman–Crippen MR) is 165 cm³/mol. The van der Waals surface area contributed by atoms with Crippen molar-refractivity contribution in [3.63, 3.8) is 0 Å². The summed E-state index contributed by atoms with van der Waals surface area (Å²) in [5.41, 5.74) is 3.39. The summed E-state index contributed by atoms with van der Waals surface area (Å²) in [5.74, 6) is 0.814. The van der Waals surface area contributed by atoms with Crippen LogP contribution in [0.4, 0.5) is 9.59 Å². The molecule has 2 N–H and O–H groups in total. The molecule has 2 amide bonds. The monoisotopic (exact) mass is 635 g/mol. The molecular formula is C28H52ClN5O5P2. The van der Waals surface area contributed by atoms with Crippen LogP contribution in [0.3, 0.4) is 0 Å². The largest absolute Gasteiger partial charge is 1.00 e. The smallest absolute Gasteiger partial charge is 0.466 e. The van der Waals surface area contributed by atoms with Gasteiger partial charge >= 0.3 is 28.5 Å². The Labute approximate surface area is 256 Å². The molecule has 0 saturated carbocycles. The Balaban J connectivity index is 0.00000840. The molecule has 236 valence electrons. The molecule has 1 fully saturated rings. The summed E-state index contributed by atoms with van der Waals surface area (Å²) in [4.78, 5) is 27.1. The first-order valence-corrected chi connectivity index (χ1v) is 16.7. The molecule has 0 atom stereocenters. The zero-order valence-electron chi connectivity index (χ0n) is 27.5. The molecule has 1 aliphatic rings. The number of amides is 2. The van der Waals surface area contributed by atoms with Crippen LogP contribution in [-0.2, 0) is 9.47 Å². The maximum Gasteiger partial charge on any atom is 0.466 e. The van der Waals surface area contributed by atoms with Crippen LogP contribution in [-0.4, -0.2) is 54.7 Å². The zero-order valence-corrected chi connectivity index (χ0v) is 30.1. The summed E-state index contributed by atoms with van der Waals surface area (Å²) in [7, 11) is -4.59. The molecule has 13 heteroatoms. The fraction of sp³-hybridized carbons (Fsp3) is 0.714. The minimum absolute atomic E-state index is 0. The van der Waals surface area contributed by atoms with E-state index in [1.165, 1.54) is 4.78 Å². The van der Waals surface area contributed by atoms with Crippen LogP contribution in [0.2, 0.25) is 0 Å². The van der Waals surface area contributed by atoms with Gasteiger partial charge in [-0.2, -0.15) is 5.43 Å². The number of nitrogens with zero attached hydrogens (tertiary/aromatic N) is 3. The van der Waals surface area contributed by atoms with E-state index in [9.17, 15) is 9.59 Å². The molecule has 0 aliphatic carbocycles. The summed E-state index contributed by atoms with van der Waals surface area (Å²) in [6, 6.07) is 6.08. The van der Waals surface area contributed by atoms with Gasteiger partial charge in [0.2, 0.25) is 0 Å². The summed E-state index contributed by atoms with van der Waals surface area (Å²) < 4.78 is 23.9. The molecule has 2 rings (SSSR count). The van der Waals surface area contributed by atoms with Gasteiger partial charge in [-0.1, -0.05) is 18.2 Å². The van der Waals surface area contributed by atoms with Crippen molar-refractivity contribution in [2.45, 2.75) is 133 Å². The molecule has 1 saturated heterocycles. The first-order valence-electron chi connectivity index (χ1n) is 13.8. The molecule has 41 heavy (non-hydrogen) atoms. The lowest BCUT2D eigenvalue weighted by atomic mass is 10.1. The van der Waals surface area contributed by atoms with Gasteiger partial charge in [-0.25, -0.2) is 9.59 Å². The van der Waals surface area contributed by atoms with Crippen LogP contribution in [0.5, 0.6) is 5.75 Å². The van der Waals surface area contributed by atoms with Gasteiger partial charge in [0.1, 0.15) is 5.75 Å².